The molecular formula is C25H19F3N4O4. The molecule has 4 N–H and O–H groups in total. The summed E-state index contributed by atoms with van der Waals surface area (Å²) in [6, 6.07) is 23.0. The Hall–Kier alpha value is -4.80. The minimum Gasteiger partial charge on any atom is -0.497 e. The van der Waals surface area contributed by atoms with Crippen LogP contribution in [0.25, 0.3) is 33.3 Å². The molecule has 184 valence electrons. The maximum Gasteiger partial charge on any atom is 0.490 e. The van der Waals surface area contributed by atoms with E-state index in [9.17, 15) is 18.0 Å². The Kier molecular flexibility index (Phi) is 6.64. The molecule has 0 aliphatic carbocycles. The summed E-state index contributed by atoms with van der Waals surface area (Å²) in [4.78, 5) is 32.7. The van der Waals surface area contributed by atoms with Crippen molar-refractivity contribution < 1.29 is 32.6 Å². The van der Waals surface area contributed by atoms with Crippen molar-refractivity contribution >= 4 is 39.5 Å². The molecule has 1 amide bonds. The van der Waals surface area contributed by atoms with Gasteiger partial charge in [-0.05, 0) is 42.5 Å². The number of hydrogen-bond donors (Lipinski definition) is 4. The summed E-state index contributed by atoms with van der Waals surface area (Å²) < 4.78 is 37.0. The number of benzene rings is 3. The SMILES string of the molecule is COc1ccc2[nH]c(C(=O)Nc3ccc4nc(-c5ccccc5)[nH]c4c3)cc2c1.O=C(O)C(F)(F)F. The zero-order valence-electron chi connectivity index (χ0n) is 18.7. The number of carboxylic acids is 1. The average molecular weight is 496 g/mol. The third-order valence-corrected chi connectivity index (χ3v) is 5.10. The van der Waals surface area contributed by atoms with Crippen molar-refractivity contribution in [2.75, 3.05) is 12.4 Å². The molecule has 36 heavy (non-hydrogen) atoms. The summed E-state index contributed by atoms with van der Waals surface area (Å²) >= 11 is 0. The monoisotopic (exact) mass is 496 g/mol. The van der Waals surface area contributed by atoms with Crippen LogP contribution < -0.4 is 10.1 Å². The van der Waals surface area contributed by atoms with Gasteiger partial charge < -0.3 is 25.1 Å². The Bertz CT molecular complexity index is 1540. The van der Waals surface area contributed by atoms with Crippen LogP contribution in [0.4, 0.5) is 18.9 Å². The minimum absolute atomic E-state index is 0.206. The molecule has 0 bridgehead atoms. The van der Waals surface area contributed by atoms with Gasteiger partial charge in [0.15, 0.2) is 0 Å². The van der Waals surface area contributed by atoms with E-state index in [1.165, 1.54) is 0 Å². The summed E-state index contributed by atoms with van der Waals surface area (Å²) in [5.41, 5.74) is 4.79. The number of fused-ring (bicyclic) bond motifs is 2. The lowest BCUT2D eigenvalue weighted by Crippen LogP contribution is -2.21. The first-order chi connectivity index (χ1) is 17.1. The highest BCUT2D eigenvalue weighted by Gasteiger charge is 2.38. The largest absolute Gasteiger partial charge is 0.497 e. The van der Waals surface area contributed by atoms with Gasteiger partial charge in [0.1, 0.15) is 17.3 Å². The summed E-state index contributed by atoms with van der Waals surface area (Å²) in [5.74, 6) is -1.41. The van der Waals surface area contributed by atoms with Crippen LogP contribution in [0, 0.1) is 0 Å². The van der Waals surface area contributed by atoms with Crippen LogP contribution in [-0.2, 0) is 4.79 Å². The Morgan fingerprint density at radius 2 is 1.67 bits per heavy atom. The van der Waals surface area contributed by atoms with Gasteiger partial charge in [0, 0.05) is 22.2 Å². The fraction of sp³-hybridized carbons (Fsp3) is 0.0800. The molecule has 2 heterocycles. The maximum absolute atomic E-state index is 12.7. The molecule has 0 radical (unpaired) electrons. The quantitative estimate of drug-likeness (QED) is 0.258. The number of aliphatic carboxylic acids is 1. The first kappa shape index (κ1) is 24.3. The number of aromatic nitrogens is 3. The molecule has 0 aliphatic heterocycles. The lowest BCUT2D eigenvalue weighted by Gasteiger charge is -2.03. The number of anilines is 1. The smallest absolute Gasteiger partial charge is 0.490 e. The molecule has 0 saturated heterocycles. The highest BCUT2D eigenvalue weighted by Crippen LogP contribution is 2.24. The lowest BCUT2D eigenvalue weighted by atomic mass is 10.2. The Morgan fingerprint density at radius 1 is 0.944 bits per heavy atom. The number of alkyl halides is 3. The van der Waals surface area contributed by atoms with Crippen molar-refractivity contribution in [1.82, 2.24) is 15.0 Å². The predicted octanol–water partition coefficient (Wildman–Crippen LogP) is 5.61. The van der Waals surface area contributed by atoms with E-state index >= 15 is 0 Å². The number of amides is 1. The lowest BCUT2D eigenvalue weighted by molar-refractivity contribution is -0.192. The Morgan fingerprint density at radius 3 is 2.33 bits per heavy atom. The number of carbonyl (C=O) groups is 2. The molecule has 0 saturated carbocycles. The van der Waals surface area contributed by atoms with E-state index in [-0.39, 0.29) is 5.91 Å². The van der Waals surface area contributed by atoms with Gasteiger partial charge in [0.05, 0.1) is 18.1 Å². The van der Waals surface area contributed by atoms with E-state index in [0.717, 1.165) is 39.1 Å². The van der Waals surface area contributed by atoms with E-state index in [0.29, 0.717) is 11.4 Å². The number of carboxylic acid groups (broad SMARTS) is 1. The molecule has 0 aliphatic rings. The predicted molar refractivity (Wildman–Crippen MR) is 128 cm³/mol. The number of nitrogens with one attached hydrogen (secondary N) is 3. The topological polar surface area (TPSA) is 120 Å². The van der Waals surface area contributed by atoms with Crippen LogP contribution >= 0.6 is 0 Å². The molecular weight excluding hydrogens is 477 g/mol. The number of carbonyl (C=O) groups excluding carboxylic acids is 1. The number of methoxy groups -OCH3 is 1. The number of H-pyrrole nitrogens is 2. The summed E-state index contributed by atoms with van der Waals surface area (Å²) in [7, 11) is 1.62. The molecule has 11 heteroatoms. The van der Waals surface area contributed by atoms with Crippen molar-refractivity contribution in [1.29, 1.82) is 0 Å². The molecule has 0 spiro atoms. The third kappa shape index (κ3) is 5.46. The second kappa shape index (κ2) is 9.82. The molecule has 0 unspecified atom stereocenters. The molecule has 8 nitrogen and oxygen atoms in total. The maximum atomic E-state index is 12.7. The zero-order chi connectivity index (χ0) is 25.9. The van der Waals surface area contributed by atoms with E-state index in [2.05, 4.69) is 20.3 Å². The summed E-state index contributed by atoms with van der Waals surface area (Å²) in [5, 5.41) is 11.0. The van der Waals surface area contributed by atoms with Crippen molar-refractivity contribution in [3.63, 3.8) is 0 Å². The average Bonchev–Trinajstić information content (AvgIpc) is 3.48. The highest BCUT2D eigenvalue weighted by atomic mass is 19.4. The van der Waals surface area contributed by atoms with Crippen molar-refractivity contribution in [3.8, 4) is 17.1 Å². The van der Waals surface area contributed by atoms with Crippen LogP contribution in [-0.4, -0.2) is 45.2 Å². The van der Waals surface area contributed by atoms with Gasteiger partial charge in [-0.3, -0.25) is 4.79 Å². The summed E-state index contributed by atoms with van der Waals surface area (Å²) in [6.45, 7) is 0. The molecule has 3 aromatic carbocycles. The van der Waals surface area contributed by atoms with E-state index < -0.39 is 12.1 Å². The molecule has 0 fully saturated rings. The van der Waals surface area contributed by atoms with E-state index in [4.69, 9.17) is 14.6 Å². The van der Waals surface area contributed by atoms with Crippen molar-refractivity contribution in [3.05, 3.63) is 78.5 Å². The van der Waals surface area contributed by atoms with Crippen LogP contribution in [0.15, 0.2) is 72.8 Å². The van der Waals surface area contributed by atoms with Crippen LogP contribution in [0.5, 0.6) is 5.75 Å². The summed E-state index contributed by atoms with van der Waals surface area (Å²) in [6.07, 6.45) is -5.08. The second-order valence-corrected chi connectivity index (χ2v) is 7.58. The number of halogens is 3. The van der Waals surface area contributed by atoms with Crippen molar-refractivity contribution in [2.24, 2.45) is 0 Å². The standard InChI is InChI=1S/C23H18N4O2.C2HF3O2/c1-29-17-8-10-18-15(11-17)12-21(25-18)23(28)24-16-7-9-19-20(13-16)27-22(26-19)14-5-3-2-4-6-14;3-2(4,5)1(6)7/h2-13,25H,1H3,(H,24,28)(H,26,27);(H,6,7). The van der Waals surface area contributed by atoms with Gasteiger partial charge in [0.25, 0.3) is 5.91 Å². The van der Waals surface area contributed by atoms with Crippen LogP contribution in [0.3, 0.4) is 0 Å². The number of nitrogens with zero attached hydrogens (tertiary/aromatic N) is 1. The molecule has 5 aromatic rings. The zero-order valence-corrected chi connectivity index (χ0v) is 18.7. The molecule has 0 atom stereocenters. The highest BCUT2D eigenvalue weighted by molar-refractivity contribution is 6.06. The number of imidazole rings is 1. The van der Waals surface area contributed by atoms with Gasteiger partial charge in [0.2, 0.25) is 0 Å². The van der Waals surface area contributed by atoms with Gasteiger partial charge in [-0.25, -0.2) is 9.78 Å². The Balaban J connectivity index is 0.000000384. The number of aromatic amines is 2. The van der Waals surface area contributed by atoms with Crippen LogP contribution in [0.1, 0.15) is 10.5 Å². The fourth-order valence-electron chi connectivity index (χ4n) is 3.38. The molecule has 5 rings (SSSR count). The van der Waals surface area contributed by atoms with Crippen LogP contribution in [0.2, 0.25) is 0 Å². The van der Waals surface area contributed by atoms with E-state index in [1.54, 1.807) is 7.11 Å². The van der Waals surface area contributed by atoms with E-state index in [1.807, 2.05) is 72.8 Å². The van der Waals surface area contributed by atoms with Gasteiger partial charge in [-0.15, -0.1) is 0 Å². The minimum atomic E-state index is -5.08. The normalized spacial score (nSPS) is 11.1. The first-order valence-electron chi connectivity index (χ1n) is 10.5. The van der Waals surface area contributed by atoms with Gasteiger partial charge in [-0.2, -0.15) is 13.2 Å². The number of ether oxygens (including phenoxy) is 1. The number of rotatable bonds is 4. The molecule has 2 aromatic heterocycles. The third-order valence-electron chi connectivity index (χ3n) is 5.10. The fourth-order valence-corrected chi connectivity index (χ4v) is 3.38. The second-order valence-electron chi connectivity index (χ2n) is 7.58. The number of hydrogen-bond acceptors (Lipinski definition) is 4. The van der Waals surface area contributed by atoms with Gasteiger partial charge in [-0.1, -0.05) is 30.3 Å². The Labute approximate surface area is 201 Å². The first-order valence-corrected chi connectivity index (χ1v) is 10.5. The van der Waals surface area contributed by atoms with Gasteiger partial charge >= 0.3 is 12.1 Å². The van der Waals surface area contributed by atoms with Crippen molar-refractivity contribution in [2.45, 2.75) is 6.18 Å².